The third-order valence-corrected chi connectivity index (χ3v) is 6.36. The van der Waals surface area contributed by atoms with Gasteiger partial charge in [-0.25, -0.2) is 4.98 Å². The molecule has 0 atom stereocenters. The molecule has 1 amide bonds. The summed E-state index contributed by atoms with van der Waals surface area (Å²) >= 11 is 1.65. The smallest absolute Gasteiger partial charge is 0.227 e. The van der Waals surface area contributed by atoms with Crippen LogP contribution in [-0.4, -0.2) is 42.0 Å². The van der Waals surface area contributed by atoms with Crippen molar-refractivity contribution in [1.82, 2.24) is 9.88 Å². The molecule has 5 rings (SSSR count). The van der Waals surface area contributed by atoms with E-state index in [9.17, 15) is 4.79 Å². The van der Waals surface area contributed by atoms with Crippen molar-refractivity contribution in [2.75, 3.05) is 31.1 Å². The maximum absolute atomic E-state index is 12.8. The molecule has 3 heterocycles. The molecule has 0 radical (unpaired) electrons. The second-order valence-electron chi connectivity index (χ2n) is 7.09. The summed E-state index contributed by atoms with van der Waals surface area (Å²) in [4.78, 5) is 21.4. The minimum atomic E-state index is 0.187. The topological polar surface area (TPSA) is 49.6 Å². The average Bonchev–Trinajstić information content (AvgIpc) is 3.41. The lowest BCUT2D eigenvalue weighted by atomic mass is 10.0. The first-order valence-electron chi connectivity index (χ1n) is 9.22. The third kappa shape index (κ3) is 2.78. The number of piperazine rings is 1. The van der Waals surface area contributed by atoms with Gasteiger partial charge in [-0.3, -0.25) is 4.79 Å². The van der Waals surface area contributed by atoms with E-state index in [0.717, 1.165) is 60.7 Å². The van der Waals surface area contributed by atoms with Crippen molar-refractivity contribution in [2.45, 2.75) is 25.7 Å². The van der Waals surface area contributed by atoms with Crippen molar-refractivity contribution >= 4 is 33.3 Å². The highest BCUT2D eigenvalue weighted by atomic mass is 32.1. The third-order valence-electron chi connectivity index (χ3n) is 5.53. The molecule has 1 fully saturated rings. The Morgan fingerprint density at radius 2 is 1.96 bits per heavy atom. The van der Waals surface area contributed by atoms with Crippen LogP contribution in [0.3, 0.4) is 0 Å². The van der Waals surface area contributed by atoms with E-state index >= 15 is 0 Å². The van der Waals surface area contributed by atoms with Gasteiger partial charge < -0.3 is 14.2 Å². The normalized spacial score (nSPS) is 17.1. The number of benzene rings is 1. The van der Waals surface area contributed by atoms with Crippen molar-refractivity contribution in [1.29, 1.82) is 0 Å². The van der Waals surface area contributed by atoms with Gasteiger partial charge in [0.05, 0.1) is 12.7 Å². The minimum Gasteiger partial charge on any atom is -0.464 e. The Labute approximate surface area is 156 Å². The number of aromatic nitrogens is 1. The number of fused-ring (bicyclic) bond motifs is 2. The van der Waals surface area contributed by atoms with Gasteiger partial charge in [0.25, 0.3) is 0 Å². The fourth-order valence-electron chi connectivity index (χ4n) is 4.08. The van der Waals surface area contributed by atoms with Crippen molar-refractivity contribution < 1.29 is 9.21 Å². The Morgan fingerprint density at radius 3 is 2.73 bits per heavy atom. The van der Waals surface area contributed by atoms with Gasteiger partial charge in [0.2, 0.25) is 5.91 Å². The molecule has 0 unspecified atom stereocenters. The fraction of sp³-hybridized carbons (Fsp3) is 0.400. The van der Waals surface area contributed by atoms with Gasteiger partial charge in [-0.05, 0) is 42.5 Å². The number of nitrogens with zero attached hydrogens (tertiary/aromatic N) is 3. The summed E-state index contributed by atoms with van der Waals surface area (Å²) in [7, 11) is 0. The Morgan fingerprint density at radius 1 is 1.15 bits per heavy atom. The number of amides is 1. The van der Waals surface area contributed by atoms with Crippen LogP contribution in [-0.2, 0) is 24.1 Å². The van der Waals surface area contributed by atoms with E-state index in [1.54, 1.807) is 17.6 Å². The van der Waals surface area contributed by atoms with E-state index in [4.69, 9.17) is 4.42 Å². The summed E-state index contributed by atoms with van der Waals surface area (Å²) in [5.74, 6) is 0.187. The molecule has 0 bridgehead atoms. The molecular weight excluding hydrogens is 346 g/mol. The molecule has 2 aliphatic rings. The molecule has 1 saturated heterocycles. The Balaban J connectivity index is 1.28. The first-order valence-corrected chi connectivity index (χ1v) is 10.1. The Kier molecular flexibility index (Phi) is 3.93. The van der Waals surface area contributed by atoms with E-state index in [2.05, 4.69) is 22.0 Å². The lowest BCUT2D eigenvalue weighted by Gasteiger charge is -2.34. The van der Waals surface area contributed by atoms with Crippen LogP contribution in [0.4, 0.5) is 5.13 Å². The lowest BCUT2D eigenvalue weighted by Crippen LogP contribution is -2.49. The molecule has 0 saturated carbocycles. The predicted molar refractivity (Wildman–Crippen MR) is 103 cm³/mol. The molecule has 26 heavy (non-hydrogen) atoms. The van der Waals surface area contributed by atoms with Crippen LogP contribution in [0.2, 0.25) is 0 Å². The maximum Gasteiger partial charge on any atom is 0.227 e. The van der Waals surface area contributed by atoms with Gasteiger partial charge in [0.1, 0.15) is 5.58 Å². The monoisotopic (exact) mass is 367 g/mol. The summed E-state index contributed by atoms with van der Waals surface area (Å²) in [6.07, 6.45) is 7.52. The van der Waals surface area contributed by atoms with E-state index < -0.39 is 0 Å². The van der Waals surface area contributed by atoms with Crippen molar-refractivity contribution in [3.05, 3.63) is 46.7 Å². The van der Waals surface area contributed by atoms with E-state index in [1.807, 2.05) is 16.5 Å². The number of anilines is 1. The SMILES string of the molecule is O=C(Cc1coc2cc3c(cc12)CCC3)N1CCN(c2nccs2)CC1. The zero-order chi connectivity index (χ0) is 17.5. The zero-order valence-electron chi connectivity index (χ0n) is 14.6. The van der Waals surface area contributed by atoms with Crippen LogP contribution >= 0.6 is 11.3 Å². The molecule has 1 aromatic carbocycles. The first-order chi connectivity index (χ1) is 12.8. The van der Waals surface area contributed by atoms with Crippen LogP contribution in [0.5, 0.6) is 0 Å². The Hall–Kier alpha value is -2.34. The molecule has 2 aromatic heterocycles. The molecule has 1 aliphatic carbocycles. The number of hydrogen-bond donors (Lipinski definition) is 0. The fourth-order valence-corrected chi connectivity index (χ4v) is 4.78. The van der Waals surface area contributed by atoms with Crippen LogP contribution in [0, 0.1) is 0 Å². The van der Waals surface area contributed by atoms with Crippen molar-refractivity contribution in [2.24, 2.45) is 0 Å². The molecule has 5 nitrogen and oxygen atoms in total. The number of thiazole rings is 1. The highest BCUT2D eigenvalue weighted by Crippen LogP contribution is 2.30. The standard InChI is InChI=1S/C20H21N3O2S/c24-19(22-5-7-23(8-6-22)20-21-4-9-26-20)12-16-13-25-18-11-15-3-1-2-14(15)10-17(16)18/h4,9-11,13H,1-3,5-8,12H2. The number of furan rings is 1. The van der Waals surface area contributed by atoms with Crippen molar-refractivity contribution in [3.8, 4) is 0 Å². The molecule has 6 heteroatoms. The van der Waals surface area contributed by atoms with E-state index in [0.29, 0.717) is 6.42 Å². The van der Waals surface area contributed by atoms with Gasteiger partial charge in [0, 0.05) is 48.7 Å². The number of hydrogen-bond acceptors (Lipinski definition) is 5. The summed E-state index contributed by atoms with van der Waals surface area (Å²) in [5.41, 5.74) is 4.76. The summed E-state index contributed by atoms with van der Waals surface area (Å²) in [6, 6.07) is 4.41. The van der Waals surface area contributed by atoms with Crippen molar-refractivity contribution in [3.63, 3.8) is 0 Å². The van der Waals surface area contributed by atoms with Crippen LogP contribution in [0.25, 0.3) is 11.0 Å². The van der Waals surface area contributed by atoms with Crippen LogP contribution < -0.4 is 4.90 Å². The van der Waals surface area contributed by atoms with Gasteiger partial charge in [-0.2, -0.15) is 0 Å². The highest BCUT2D eigenvalue weighted by Gasteiger charge is 2.24. The largest absolute Gasteiger partial charge is 0.464 e. The van der Waals surface area contributed by atoms with Crippen LogP contribution in [0.15, 0.2) is 34.4 Å². The number of carbonyl (C=O) groups excluding carboxylic acids is 1. The second kappa shape index (κ2) is 6.43. The number of aryl methyl sites for hydroxylation is 2. The highest BCUT2D eigenvalue weighted by molar-refractivity contribution is 7.13. The van der Waals surface area contributed by atoms with E-state index in [-0.39, 0.29) is 5.91 Å². The molecule has 3 aromatic rings. The quantitative estimate of drug-likeness (QED) is 0.713. The average molecular weight is 367 g/mol. The molecule has 134 valence electrons. The van der Waals surface area contributed by atoms with Gasteiger partial charge in [-0.15, -0.1) is 11.3 Å². The minimum absolute atomic E-state index is 0.187. The first kappa shape index (κ1) is 15.9. The Bertz CT molecular complexity index is 940. The molecule has 1 aliphatic heterocycles. The zero-order valence-corrected chi connectivity index (χ0v) is 15.4. The number of carbonyl (C=O) groups is 1. The summed E-state index contributed by atoms with van der Waals surface area (Å²) in [5, 5.41) is 4.15. The summed E-state index contributed by atoms with van der Waals surface area (Å²) < 4.78 is 5.74. The summed E-state index contributed by atoms with van der Waals surface area (Å²) in [6.45, 7) is 3.20. The van der Waals surface area contributed by atoms with Gasteiger partial charge in [0.15, 0.2) is 5.13 Å². The second-order valence-corrected chi connectivity index (χ2v) is 7.96. The maximum atomic E-state index is 12.8. The van der Waals surface area contributed by atoms with Crippen LogP contribution in [0.1, 0.15) is 23.1 Å². The molecule has 0 N–H and O–H groups in total. The van der Waals surface area contributed by atoms with Gasteiger partial charge >= 0.3 is 0 Å². The molecular formula is C20H21N3O2S. The molecule has 0 spiro atoms. The van der Waals surface area contributed by atoms with E-state index in [1.165, 1.54) is 17.5 Å². The number of rotatable bonds is 3. The van der Waals surface area contributed by atoms with Gasteiger partial charge in [-0.1, -0.05) is 0 Å². The predicted octanol–water partition coefficient (Wildman–Crippen LogP) is 3.27. The lowest BCUT2D eigenvalue weighted by molar-refractivity contribution is -0.130.